The van der Waals surface area contributed by atoms with Crippen LogP contribution in [-0.4, -0.2) is 64.9 Å². The molecule has 0 fully saturated rings. The summed E-state index contributed by atoms with van der Waals surface area (Å²) in [6, 6.07) is 15.9. The van der Waals surface area contributed by atoms with Crippen molar-refractivity contribution in [3.63, 3.8) is 0 Å². The molecule has 0 saturated heterocycles. The third kappa shape index (κ3) is 4.86. The van der Waals surface area contributed by atoms with Gasteiger partial charge in [-0.1, -0.05) is 48.5 Å². The summed E-state index contributed by atoms with van der Waals surface area (Å²) < 4.78 is 5.46. The van der Waals surface area contributed by atoms with Gasteiger partial charge in [-0.2, -0.15) is 0 Å². The van der Waals surface area contributed by atoms with E-state index in [-0.39, 0.29) is 25.7 Å². The van der Waals surface area contributed by atoms with Crippen molar-refractivity contribution in [3.8, 4) is 11.1 Å². The number of ether oxygens (including phenoxy) is 1. The fourth-order valence-corrected chi connectivity index (χ4v) is 3.87. The molecule has 1 aliphatic carbocycles. The lowest BCUT2D eigenvalue weighted by atomic mass is 9.98. The number of aliphatic carboxylic acids is 1. The number of nitrogens with one attached hydrogen (secondary N) is 1. The molecule has 0 aromatic heterocycles. The van der Waals surface area contributed by atoms with Gasteiger partial charge in [-0.15, -0.1) is 0 Å². The second kappa shape index (κ2) is 9.18. The number of alkyl carbamates (subject to hydrolysis) is 1. The summed E-state index contributed by atoms with van der Waals surface area (Å²) in [4.78, 5) is 37.2. The number of benzene rings is 2. The lowest BCUT2D eigenvalue weighted by molar-refractivity contribution is -0.147. The largest absolute Gasteiger partial charge is 0.480 e. The van der Waals surface area contributed by atoms with Crippen LogP contribution in [0.1, 0.15) is 30.9 Å². The number of nitrogens with zero attached hydrogens (tertiary/aromatic N) is 1. The highest BCUT2D eigenvalue weighted by atomic mass is 16.5. The number of amides is 2. The first-order chi connectivity index (χ1) is 14.7. The minimum absolute atomic E-state index is 0.0968. The molecule has 1 aliphatic rings. The zero-order valence-electron chi connectivity index (χ0n) is 17.5. The van der Waals surface area contributed by atoms with Gasteiger partial charge in [-0.3, -0.25) is 9.59 Å². The van der Waals surface area contributed by atoms with Gasteiger partial charge in [0, 0.05) is 12.5 Å². The number of aliphatic hydroxyl groups is 1. The van der Waals surface area contributed by atoms with Crippen LogP contribution in [0.5, 0.6) is 0 Å². The predicted molar refractivity (Wildman–Crippen MR) is 114 cm³/mol. The summed E-state index contributed by atoms with van der Waals surface area (Å²) in [5.74, 6) is -1.95. The van der Waals surface area contributed by atoms with E-state index in [2.05, 4.69) is 5.32 Å². The molecular weight excluding hydrogens is 400 g/mol. The minimum atomic E-state index is -1.41. The Morgan fingerprint density at radius 2 is 1.58 bits per heavy atom. The molecule has 0 bridgehead atoms. The SMILES string of the molecule is CC(C)(NC(=O)OCC1c2ccccc2-c2ccccc21)C(=O)N(CCO)CC(=O)O. The third-order valence-electron chi connectivity index (χ3n) is 5.28. The van der Waals surface area contributed by atoms with Crippen LogP contribution in [0, 0.1) is 0 Å². The van der Waals surface area contributed by atoms with Crippen molar-refractivity contribution in [1.29, 1.82) is 0 Å². The summed E-state index contributed by atoms with van der Waals surface area (Å²) >= 11 is 0. The van der Waals surface area contributed by atoms with Gasteiger partial charge >= 0.3 is 12.1 Å². The first kappa shape index (κ1) is 22.3. The summed E-state index contributed by atoms with van der Waals surface area (Å²) in [5.41, 5.74) is 2.95. The average Bonchev–Trinajstić information content (AvgIpc) is 3.04. The molecule has 0 saturated carbocycles. The molecule has 2 amide bonds. The molecule has 31 heavy (non-hydrogen) atoms. The lowest BCUT2D eigenvalue weighted by Crippen LogP contribution is -2.57. The molecule has 8 heteroatoms. The first-order valence-corrected chi connectivity index (χ1v) is 9.99. The van der Waals surface area contributed by atoms with Crippen molar-refractivity contribution < 1.29 is 29.3 Å². The topological polar surface area (TPSA) is 116 Å². The van der Waals surface area contributed by atoms with Gasteiger partial charge in [0.2, 0.25) is 5.91 Å². The maximum atomic E-state index is 12.7. The van der Waals surface area contributed by atoms with Crippen molar-refractivity contribution >= 4 is 18.0 Å². The van der Waals surface area contributed by atoms with Gasteiger partial charge < -0.3 is 25.2 Å². The summed E-state index contributed by atoms with van der Waals surface area (Å²) in [7, 11) is 0. The monoisotopic (exact) mass is 426 g/mol. The first-order valence-electron chi connectivity index (χ1n) is 9.99. The van der Waals surface area contributed by atoms with Crippen molar-refractivity contribution in [3.05, 3.63) is 59.7 Å². The van der Waals surface area contributed by atoms with E-state index in [1.54, 1.807) is 0 Å². The van der Waals surface area contributed by atoms with Crippen LogP contribution in [0.3, 0.4) is 0 Å². The van der Waals surface area contributed by atoms with E-state index < -0.39 is 30.1 Å². The van der Waals surface area contributed by atoms with Crippen LogP contribution in [0.25, 0.3) is 11.1 Å². The van der Waals surface area contributed by atoms with E-state index in [1.807, 2.05) is 48.5 Å². The number of rotatable bonds is 8. The number of aliphatic hydroxyl groups excluding tert-OH is 1. The van der Waals surface area contributed by atoms with Gasteiger partial charge in [0.15, 0.2) is 0 Å². The van der Waals surface area contributed by atoms with Crippen LogP contribution in [0.2, 0.25) is 0 Å². The zero-order chi connectivity index (χ0) is 22.6. The second-order valence-corrected chi connectivity index (χ2v) is 7.92. The molecule has 2 aromatic rings. The Kier molecular flexibility index (Phi) is 6.60. The Balaban J connectivity index is 1.67. The van der Waals surface area contributed by atoms with Crippen molar-refractivity contribution in [2.24, 2.45) is 0 Å². The Hall–Kier alpha value is -3.39. The van der Waals surface area contributed by atoms with E-state index in [0.29, 0.717) is 0 Å². The Morgan fingerprint density at radius 3 is 2.10 bits per heavy atom. The Bertz CT molecular complexity index is 942. The highest BCUT2D eigenvalue weighted by Gasteiger charge is 2.35. The molecule has 8 nitrogen and oxygen atoms in total. The number of carboxylic acids is 1. The molecule has 0 atom stereocenters. The summed E-state index contributed by atoms with van der Waals surface area (Å²) in [5, 5.41) is 20.6. The van der Waals surface area contributed by atoms with Gasteiger partial charge in [0.25, 0.3) is 0 Å². The molecule has 0 aliphatic heterocycles. The number of carbonyl (C=O) groups is 3. The third-order valence-corrected chi connectivity index (χ3v) is 5.28. The maximum absolute atomic E-state index is 12.7. The van der Waals surface area contributed by atoms with Gasteiger partial charge in [-0.25, -0.2) is 4.79 Å². The lowest BCUT2D eigenvalue weighted by Gasteiger charge is -2.31. The molecule has 3 N–H and O–H groups in total. The smallest absolute Gasteiger partial charge is 0.408 e. The molecule has 164 valence electrons. The highest BCUT2D eigenvalue weighted by Crippen LogP contribution is 2.44. The predicted octanol–water partition coefficient (Wildman–Crippen LogP) is 2.21. The fourth-order valence-electron chi connectivity index (χ4n) is 3.87. The molecule has 0 heterocycles. The fraction of sp³-hybridized carbons (Fsp3) is 0.348. The highest BCUT2D eigenvalue weighted by molar-refractivity contribution is 5.91. The minimum Gasteiger partial charge on any atom is -0.480 e. The van der Waals surface area contributed by atoms with E-state index in [0.717, 1.165) is 27.2 Å². The molecular formula is C23H26N2O6. The normalized spacial score (nSPS) is 12.6. The second-order valence-electron chi connectivity index (χ2n) is 7.92. The summed E-state index contributed by atoms with van der Waals surface area (Å²) in [6.45, 7) is 1.90. The number of hydrogen-bond acceptors (Lipinski definition) is 5. The van der Waals surface area contributed by atoms with Crippen LogP contribution >= 0.6 is 0 Å². The van der Waals surface area contributed by atoms with E-state index in [4.69, 9.17) is 14.9 Å². The van der Waals surface area contributed by atoms with Crippen LogP contribution in [0.4, 0.5) is 4.79 Å². The Morgan fingerprint density at radius 1 is 1.03 bits per heavy atom. The molecule has 0 radical (unpaired) electrons. The molecule has 0 spiro atoms. The summed E-state index contributed by atoms with van der Waals surface area (Å²) in [6.07, 6.45) is -0.778. The van der Waals surface area contributed by atoms with Crippen LogP contribution in [-0.2, 0) is 14.3 Å². The maximum Gasteiger partial charge on any atom is 0.408 e. The quantitative estimate of drug-likeness (QED) is 0.596. The van der Waals surface area contributed by atoms with Crippen LogP contribution in [0.15, 0.2) is 48.5 Å². The average molecular weight is 426 g/mol. The number of fused-ring (bicyclic) bond motifs is 3. The standard InChI is InChI=1S/C23H26N2O6/c1-23(2,21(29)25(11-12-26)13-20(27)28)24-22(30)31-14-19-17-9-5-3-7-15(17)16-8-4-6-10-18(16)19/h3-10,19,26H,11-14H2,1-2H3,(H,24,30)(H,27,28). The molecule has 0 unspecified atom stereocenters. The van der Waals surface area contributed by atoms with Crippen LogP contribution < -0.4 is 5.32 Å². The zero-order valence-corrected chi connectivity index (χ0v) is 17.5. The van der Waals surface area contributed by atoms with Gasteiger partial charge in [0.05, 0.1) is 6.61 Å². The number of hydrogen-bond donors (Lipinski definition) is 3. The van der Waals surface area contributed by atoms with Crippen molar-refractivity contribution in [1.82, 2.24) is 10.2 Å². The van der Waals surface area contributed by atoms with Gasteiger partial charge in [-0.05, 0) is 36.1 Å². The van der Waals surface area contributed by atoms with Crippen molar-refractivity contribution in [2.75, 3.05) is 26.3 Å². The van der Waals surface area contributed by atoms with Crippen molar-refractivity contribution in [2.45, 2.75) is 25.3 Å². The molecule has 3 rings (SSSR count). The van der Waals surface area contributed by atoms with Gasteiger partial charge in [0.1, 0.15) is 18.7 Å². The Labute approximate surface area is 180 Å². The number of carboxylic acid groups (broad SMARTS) is 1. The van der Waals surface area contributed by atoms with E-state index in [9.17, 15) is 14.4 Å². The van der Waals surface area contributed by atoms with E-state index in [1.165, 1.54) is 13.8 Å². The van der Waals surface area contributed by atoms with E-state index >= 15 is 0 Å². The number of carbonyl (C=O) groups excluding carboxylic acids is 2. The molecule has 2 aromatic carbocycles.